The van der Waals surface area contributed by atoms with Crippen molar-refractivity contribution in [1.82, 2.24) is 10.2 Å². The molecule has 0 saturated carbocycles. The lowest BCUT2D eigenvalue weighted by molar-refractivity contribution is -0.130. The van der Waals surface area contributed by atoms with Gasteiger partial charge in [-0.2, -0.15) is 0 Å². The number of aryl methyl sites for hydroxylation is 1. The van der Waals surface area contributed by atoms with Crippen molar-refractivity contribution in [2.24, 2.45) is 0 Å². The Morgan fingerprint density at radius 2 is 1.66 bits per heavy atom. The van der Waals surface area contributed by atoms with Crippen LogP contribution in [0.15, 0.2) is 42.5 Å². The molecule has 0 atom stereocenters. The fourth-order valence-corrected chi connectivity index (χ4v) is 3.24. The van der Waals surface area contributed by atoms with Crippen LogP contribution < -0.4 is 16.0 Å². The van der Waals surface area contributed by atoms with Gasteiger partial charge in [-0.25, -0.2) is 0 Å². The summed E-state index contributed by atoms with van der Waals surface area (Å²) in [7, 11) is 0. The number of nitrogens with two attached hydrogens (primary N) is 1. The summed E-state index contributed by atoms with van der Waals surface area (Å²) in [5.41, 5.74) is 8.68. The van der Waals surface area contributed by atoms with Crippen LogP contribution in [-0.4, -0.2) is 49.4 Å². The van der Waals surface area contributed by atoms with E-state index in [9.17, 15) is 9.59 Å². The first kappa shape index (κ1) is 24.9. The summed E-state index contributed by atoms with van der Waals surface area (Å²) in [6.45, 7) is 4.55. The third-order valence-corrected chi connectivity index (χ3v) is 4.98. The number of nitrogen functional groups attached to an aromatic ring is 1. The Kier molecular flexibility index (Phi) is 9.56. The number of halogens is 3. The number of nitrogens with one attached hydrogen (secondary N) is 1. The maximum Gasteiger partial charge on any atom is 0.252 e. The van der Waals surface area contributed by atoms with E-state index in [2.05, 4.69) is 10.2 Å². The lowest BCUT2D eigenvalue weighted by Crippen LogP contribution is -2.51. The highest BCUT2D eigenvalue weighted by atomic mass is 35.5. The summed E-state index contributed by atoms with van der Waals surface area (Å²) in [5.74, 6) is -0.367. The molecule has 1 heterocycles. The van der Waals surface area contributed by atoms with Gasteiger partial charge < -0.3 is 20.9 Å². The Hall–Kier alpha value is -2.15. The SMILES string of the molecule is Cc1ccc(N)cc1C(=O)NCC(=O)N1CCN(c2ccc(Cl)cc2)CC1.Cl.Cl. The van der Waals surface area contributed by atoms with Crippen molar-refractivity contribution >= 4 is 59.6 Å². The molecule has 0 bridgehead atoms. The number of piperazine rings is 1. The molecule has 1 saturated heterocycles. The highest BCUT2D eigenvalue weighted by Crippen LogP contribution is 2.19. The Morgan fingerprint density at radius 1 is 1.03 bits per heavy atom. The lowest BCUT2D eigenvalue weighted by atomic mass is 10.1. The number of amides is 2. The van der Waals surface area contributed by atoms with Crippen LogP contribution in [0.5, 0.6) is 0 Å². The van der Waals surface area contributed by atoms with E-state index in [0.717, 1.165) is 24.3 Å². The van der Waals surface area contributed by atoms with Gasteiger partial charge in [0.05, 0.1) is 6.54 Å². The molecule has 158 valence electrons. The second-order valence-electron chi connectivity index (χ2n) is 6.60. The average molecular weight is 460 g/mol. The maximum atomic E-state index is 12.4. The molecule has 3 N–H and O–H groups in total. The fourth-order valence-electron chi connectivity index (χ4n) is 3.11. The monoisotopic (exact) mass is 458 g/mol. The minimum absolute atomic E-state index is 0. The van der Waals surface area contributed by atoms with Crippen molar-refractivity contribution in [2.75, 3.05) is 43.4 Å². The van der Waals surface area contributed by atoms with E-state index in [0.29, 0.717) is 29.4 Å². The van der Waals surface area contributed by atoms with Crippen LogP contribution in [0.2, 0.25) is 5.02 Å². The molecule has 2 aromatic rings. The number of nitrogens with zero attached hydrogens (tertiary/aromatic N) is 2. The van der Waals surface area contributed by atoms with Crippen molar-refractivity contribution in [1.29, 1.82) is 0 Å². The Bertz CT molecular complexity index is 838. The normalized spacial score (nSPS) is 13.2. The predicted octanol–water partition coefficient (Wildman–Crippen LogP) is 3.15. The molecule has 1 fully saturated rings. The number of rotatable bonds is 4. The molecule has 0 unspecified atom stereocenters. The van der Waals surface area contributed by atoms with E-state index >= 15 is 0 Å². The average Bonchev–Trinajstić information content (AvgIpc) is 2.68. The second-order valence-corrected chi connectivity index (χ2v) is 7.04. The van der Waals surface area contributed by atoms with Crippen LogP contribution in [0.3, 0.4) is 0 Å². The number of carbonyl (C=O) groups excluding carboxylic acids is 2. The van der Waals surface area contributed by atoms with Crippen molar-refractivity contribution in [3.05, 3.63) is 58.6 Å². The topological polar surface area (TPSA) is 78.7 Å². The molecule has 1 aliphatic rings. The highest BCUT2D eigenvalue weighted by molar-refractivity contribution is 6.30. The maximum absolute atomic E-state index is 12.4. The molecule has 6 nitrogen and oxygen atoms in total. The van der Waals surface area contributed by atoms with Gasteiger partial charge in [0.1, 0.15) is 0 Å². The van der Waals surface area contributed by atoms with Crippen molar-refractivity contribution in [2.45, 2.75) is 6.92 Å². The van der Waals surface area contributed by atoms with Gasteiger partial charge in [0.2, 0.25) is 5.91 Å². The summed E-state index contributed by atoms with van der Waals surface area (Å²) < 4.78 is 0. The van der Waals surface area contributed by atoms with E-state index in [-0.39, 0.29) is 43.2 Å². The van der Waals surface area contributed by atoms with Gasteiger partial charge in [0, 0.05) is 48.1 Å². The first-order valence-electron chi connectivity index (χ1n) is 8.86. The van der Waals surface area contributed by atoms with Crippen LogP contribution in [-0.2, 0) is 4.79 Å². The van der Waals surface area contributed by atoms with Gasteiger partial charge in [0.25, 0.3) is 5.91 Å². The van der Waals surface area contributed by atoms with Gasteiger partial charge in [0.15, 0.2) is 0 Å². The standard InChI is InChI=1S/C20H23ClN4O2.2ClH/c1-14-2-5-16(22)12-18(14)20(27)23-13-19(26)25-10-8-24(9-11-25)17-6-3-15(21)4-7-17;;/h2-7,12H,8-11,13,22H2,1H3,(H,23,27);2*1H. The molecule has 9 heteroatoms. The van der Waals surface area contributed by atoms with E-state index in [4.69, 9.17) is 17.3 Å². The zero-order valence-electron chi connectivity index (χ0n) is 16.1. The van der Waals surface area contributed by atoms with Crippen molar-refractivity contribution in [3.63, 3.8) is 0 Å². The van der Waals surface area contributed by atoms with Crippen LogP contribution >= 0.6 is 36.4 Å². The van der Waals surface area contributed by atoms with Crippen LogP contribution in [0.4, 0.5) is 11.4 Å². The summed E-state index contributed by atoms with van der Waals surface area (Å²) in [4.78, 5) is 28.7. The molecule has 0 aromatic heterocycles. The molecule has 1 aliphatic heterocycles. The Morgan fingerprint density at radius 3 is 2.28 bits per heavy atom. The molecule has 3 rings (SSSR count). The summed E-state index contributed by atoms with van der Waals surface area (Å²) in [5, 5.41) is 3.41. The van der Waals surface area contributed by atoms with Crippen LogP contribution in [0, 0.1) is 6.92 Å². The Labute approximate surface area is 188 Å². The molecule has 29 heavy (non-hydrogen) atoms. The van der Waals surface area contributed by atoms with Crippen LogP contribution in [0.25, 0.3) is 0 Å². The highest BCUT2D eigenvalue weighted by Gasteiger charge is 2.22. The summed E-state index contributed by atoms with van der Waals surface area (Å²) in [6.07, 6.45) is 0. The van der Waals surface area contributed by atoms with Gasteiger partial charge in [-0.3, -0.25) is 9.59 Å². The van der Waals surface area contributed by atoms with E-state index < -0.39 is 0 Å². The number of hydrogen-bond donors (Lipinski definition) is 2. The summed E-state index contributed by atoms with van der Waals surface area (Å²) in [6, 6.07) is 12.9. The third kappa shape index (κ3) is 6.42. The van der Waals surface area contributed by atoms with E-state index in [1.807, 2.05) is 31.2 Å². The Balaban J connectivity index is 0.00000210. The first-order valence-corrected chi connectivity index (χ1v) is 9.24. The van der Waals surface area contributed by atoms with Gasteiger partial charge in [-0.1, -0.05) is 17.7 Å². The molecule has 0 spiro atoms. The molecule has 0 radical (unpaired) electrons. The van der Waals surface area contributed by atoms with Gasteiger partial charge >= 0.3 is 0 Å². The fraction of sp³-hybridized carbons (Fsp3) is 0.300. The van der Waals surface area contributed by atoms with Crippen LogP contribution in [0.1, 0.15) is 15.9 Å². The molecule has 2 amide bonds. The lowest BCUT2D eigenvalue weighted by Gasteiger charge is -2.36. The summed E-state index contributed by atoms with van der Waals surface area (Å²) >= 11 is 5.93. The first-order chi connectivity index (χ1) is 12.9. The van der Waals surface area contributed by atoms with E-state index in [1.54, 1.807) is 23.1 Å². The van der Waals surface area contributed by atoms with Crippen molar-refractivity contribution in [3.8, 4) is 0 Å². The van der Waals surface area contributed by atoms with Gasteiger partial charge in [-0.05, 0) is 48.9 Å². The number of anilines is 2. The zero-order chi connectivity index (χ0) is 19.4. The smallest absolute Gasteiger partial charge is 0.252 e. The molecular weight excluding hydrogens is 435 g/mol. The minimum atomic E-state index is -0.284. The zero-order valence-corrected chi connectivity index (χ0v) is 18.4. The number of carbonyl (C=O) groups is 2. The quantitative estimate of drug-likeness (QED) is 0.689. The second kappa shape index (κ2) is 11.1. The molecule has 0 aliphatic carbocycles. The predicted molar refractivity (Wildman–Crippen MR) is 123 cm³/mol. The molecule has 2 aromatic carbocycles. The minimum Gasteiger partial charge on any atom is -0.399 e. The third-order valence-electron chi connectivity index (χ3n) is 4.73. The molecular formula is C20H25Cl3N4O2. The number of hydrogen-bond acceptors (Lipinski definition) is 4. The largest absolute Gasteiger partial charge is 0.399 e. The number of benzene rings is 2. The van der Waals surface area contributed by atoms with Crippen molar-refractivity contribution < 1.29 is 9.59 Å². The van der Waals surface area contributed by atoms with E-state index in [1.165, 1.54) is 0 Å². The van der Waals surface area contributed by atoms with Gasteiger partial charge in [-0.15, -0.1) is 24.8 Å².